The Balaban J connectivity index is 0.994. The summed E-state index contributed by atoms with van der Waals surface area (Å²) in [7, 11) is 1.66. The second kappa shape index (κ2) is 14.3. The molecule has 52 heavy (non-hydrogen) atoms. The zero-order chi connectivity index (χ0) is 35.9. The van der Waals surface area contributed by atoms with E-state index in [0.717, 1.165) is 56.1 Å². The number of carbonyl (C=O) groups is 1. The minimum atomic E-state index is -0.780. The summed E-state index contributed by atoms with van der Waals surface area (Å²) in [5.41, 5.74) is 8.01. The summed E-state index contributed by atoms with van der Waals surface area (Å²) in [6.45, 7) is 11.3. The SMILES string of the molecule is C=C1CC2CC[C@@]34C[C@H]5OC6C(OC7CCC(CC(=O)CC8C(CC9O[C@@H](CCC1O2)C[C@@H](C)C9=C)OC(CC(O)CN)C8OC)O[C@@H]7C6O3)C5O4. The number of fused-ring (bicyclic) bond motifs is 6. The summed E-state index contributed by atoms with van der Waals surface area (Å²) in [5, 5.41) is 10.5. The molecule has 0 aliphatic carbocycles. The highest BCUT2D eigenvalue weighted by Crippen LogP contribution is 2.54. The highest BCUT2D eigenvalue weighted by Gasteiger charge is 2.68. The van der Waals surface area contributed by atoms with Crippen molar-refractivity contribution in [3.8, 4) is 0 Å². The van der Waals surface area contributed by atoms with Crippen LogP contribution in [0, 0.1) is 11.8 Å². The molecule has 0 amide bonds. The molecule has 19 atom stereocenters. The van der Waals surface area contributed by atoms with Crippen LogP contribution >= 0.6 is 0 Å². The molecule has 0 radical (unpaired) electrons. The highest BCUT2D eigenvalue weighted by molar-refractivity contribution is 5.79. The molecule has 10 aliphatic rings. The van der Waals surface area contributed by atoms with E-state index in [9.17, 15) is 9.90 Å². The van der Waals surface area contributed by atoms with Gasteiger partial charge in [0.05, 0.1) is 67.1 Å². The molecule has 10 aliphatic heterocycles. The van der Waals surface area contributed by atoms with E-state index in [1.807, 2.05) is 0 Å². The number of Topliss-reactive ketones (excluding diaryl/α,β-unsaturated/α-hetero) is 1. The van der Waals surface area contributed by atoms with Crippen molar-refractivity contribution in [1.82, 2.24) is 0 Å². The second-order valence-electron chi connectivity index (χ2n) is 17.4. The van der Waals surface area contributed by atoms with Crippen molar-refractivity contribution in [1.29, 1.82) is 0 Å². The molecule has 0 saturated carbocycles. The zero-order valence-corrected chi connectivity index (χ0v) is 30.8. The van der Waals surface area contributed by atoms with Crippen LogP contribution in [-0.2, 0) is 47.4 Å². The number of carbonyl (C=O) groups excluding carboxylic acids is 1. The van der Waals surface area contributed by atoms with Crippen LogP contribution in [-0.4, -0.2) is 128 Å². The highest BCUT2D eigenvalue weighted by atomic mass is 16.8. The van der Waals surface area contributed by atoms with Crippen LogP contribution in [0.4, 0.5) is 0 Å². The monoisotopic (exact) mass is 729 g/mol. The Morgan fingerprint density at radius 3 is 2.38 bits per heavy atom. The third-order valence-corrected chi connectivity index (χ3v) is 14.0. The number of nitrogens with two attached hydrogens (primary N) is 1. The number of aliphatic hydroxyl groups is 1. The number of ether oxygens (including phenoxy) is 9. The van der Waals surface area contributed by atoms with Crippen LogP contribution in [0.1, 0.15) is 90.4 Å². The Morgan fingerprint density at radius 2 is 1.56 bits per heavy atom. The van der Waals surface area contributed by atoms with Crippen molar-refractivity contribution in [2.75, 3.05) is 13.7 Å². The first-order chi connectivity index (χ1) is 25.1. The average Bonchev–Trinajstić information content (AvgIpc) is 3.79. The van der Waals surface area contributed by atoms with E-state index in [4.69, 9.17) is 48.4 Å². The maximum absolute atomic E-state index is 14.1. The lowest BCUT2D eigenvalue weighted by Gasteiger charge is -2.47. The molecule has 10 rings (SSSR count). The third-order valence-electron chi connectivity index (χ3n) is 14.0. The van der Waals surface area contributed by atoms with Crippen molar-refractivity contribution >= 4 is 5.78 Å². The number of hydrogen-bond donors (Lipinski definition) is 2. The van der Waals surface area contributed by atoms with E-state index >= 15 is 0 Å². The van der Waals surface area contributed by atoms with Crippen molar-refractivity contribution in [3.63, 3.8) is 0 Å². The van der Waals surface area contributed by atoms with Gasteiger partial charge in [0.2, 0.25) is 0 Å². The molecule has 0 aromatic heterocycles. The maximum atomic E-state index is 14.1. The van der Waals surface area contributed by atoms with E-state index in [1.54, 1.807) is 7.11 Å². The van der Waals surface area contributed by atoms with E-state index in [0.29, 0.717) is 25.7 Å². The Bertz CT molecular complexity index is 1380. The lowest BCUT2D eigenvalue weighted by Crippen LogP contribution is -2.61. The van der Waals surface area contributed by atoms with Crippen LogP contribution < -0.4 is 5.73 Å². The normalized spacial score (nSPS) is 52.4. The number of aliphatic hydroxyl groups excluding tert-OH is 1. The molecule has 10 heterocycles. The van der Waals surface area contributed by atoms with Gasteiger partial charge in [0.1, 0.15) is 36.3 Å². The van der Waals surface area contributed by atoms with Crippen molar-refractivity contribution in [3.05, 3.63) is 24.3 Å². The first kappa shape index (κ1) is 36.4. The van der Waals surface area contributed by atoms with E-state index in [2.05, 4.69) is 20.1 Å². The predicted molar refractivity (Wildman–Crippen MR) is 186 cm³/mol. The van der Waals surface area contributed by atoms with Gasteiger partial charge in [0.15, 0.2) is 5.79 Å². The standard InChI is InChI=1S/C40H59NO11/c1-19-11-24-5-7-28-20(2)12-26(45-28)9-10-40-17-33-36(51-40)37-38(50-33)39(52-40)35-29(49-37)8-6-25(47-35)13-22(42)14-27-31(16-30(46-24)21(19)3)48-32(34(27)44-4)15-23(43)18-41/h19,23-39,43H,2-3,5-18,41H2,1,4H3/t19-,23?,24+,25?,26?,27?,28?,29?,30?,31?,32?,33-,34?,35+,36?,37?,38?,39?,40+/m1/s1. The quantitative estimate of drug-likeness (QED) is 0.409. The van der Waals surface area contributed by atoms with E-state index < -0.39 is 18.0 Å². The Morgan fingerprint density at radius 1 is 0.808 bits per heavy atom. The molecule has 290 valence electrons. The second-order valence-corrected chi connectivity index (χ2v) is 17.4. The van der Waals surface area contributed by atoms with Gasteiger partial charge < -0.3 is 53.5 Å². The zero-order valence-electron chi connectivity index (χ0n) is 30.8. The average molecular weight is 730 g/mol. The minimum Gasteiger partial charge on any atom is -0.392 e. The Hall–Kier alpha value is -1.29. The lowest BCUT2D eigenvalue weighted by atomic mass is 9.81. The topological polar surface area (TPSA) is 146 Å². The molecule has 10 saturated heterocycles. The van der Waals surface area contributed by atoms with Gasteiger partial charge in [-0.1, -0.05) is 20.1 Å². The largest absolute Gasteiger partial charge is 0.392 e. The fourth-order valence-electron chi connectivity index (χ4n) is 11.3. The third kappa shape index (κ3) is 6.59. The molecular formula is C40H59NO11. The molecule has 3 N–H and O–H groups in total. The molecule has 12 nitrogen and oxygen atoms in total. The molecule has 12 bridgehead atoms. The number of methoxy groups -OCH3 is 1. The Labute approximate surface area is 307 Å². The van der Waals surface area contributed by atoms with Gasteiger partial charge in [-0.15, -0.1) is 0 Å². The summed E-state index contributed by atoms with van der Waals surface area (Å²) in [6, 6.07) is 0. The van der Waals surface area contributed by atoms with Gasteiger partial charge in [0.25, 0.3) is 0 Å². The van der Waals surface area contributed by atoms with Gasteiger partial charge in [-0.2, -0.15) is 0 Å². The fraction of sp³-hybridized carbons (Fsp3) is 0.875. The van der Waals surface area contributed by atoms with E-state index in [-0.39, 0.29) is 122 Å². The van der Waals surface area contributed by atoms with Crippen LogP contribution in [0.2, 0.25) is 0 Å². The lowest BCUT2D eigenvalue weighted by molar-refractivity contribution is -0.292. The van der Waals surface area contributed by atoms with Gasteiger partial charge in [-0.25, -0.2) is 0 Å². The molecule has 1 spiro atoms. The summed E-state index contributed by atoms with van der Waals surface area (Å²) >= 11 is 0. The van der Waals surface area contributed by atoms with Crippen LogP contribution in [0.25, 0.3) is 0 Å². The number of hydrogen-bond acceptors (Lipinski definition) is 12. The number of rotatable bonds is 4. The summed E-state index contributed by atoms with van der Waals surface area (Å²) in [5.74, 6) is -0.619. The summed E-state index contributed by atoms with van der Waals surface area (Å²) in [6.07, 6.45) is 4.85. The van der Waals surface area contributed by atoms with Gasteiger partial charge in [0, 0.05) is 58.1 Å². The molecule has 0 aromatic carbocycles. The molecule has 14 unspecified atom stereocenters. The van der Waals surface area contributed by atoms with Crippen LogP contribution in [0.15, 0.2) is 24.3 Å². The van der Waals surface area contributed by atoms with Gasteiger partial charge in [-0.05, 0) is 62.0 Å². The molecule has 10 fully saturated rings. The molecular weight excluding hydrogens is 670 g/mol. The first-order valence-electron chi connectivity index (χ1n) is 20.2. The van der Waals surface area contributed by atoms with Crippen molar-refractivity contribution in [2.45, 2.75) is 194 Å². The first-order valence-corrected chi connectivity index (χ1v) is 20.2. The molecule has 0 aromatic rings. The summed E-state index contributed by atoms with van der Waals surface area (Å²) < 4.78 is 60.0. The van der Waals surface area contributed by atoms with Gasteiger partial charge >= 0.3 is 0 Å². The maximum Gasteiger partial charge on any atom is 0.172 e. The smallest absolute Gasteiger partial charge is 0.172 e. The van der Waals surface area contributed by atoms with Crippen molar-refractivity contribution in [2.24, 2.45) is 17.6 Å². The van der Waals surface area contributed by atoms with Crippen LogP contribution in [0.5, 0.6) is 0 Å². The van der Waals surface area contributed by atoms with E-state index in [1.165, 1.54) is 0 Å². The predicted octanol–water partition coefficient (Wildman–Crippen LogP) is 3.44. The molecule has 12 heteroatoms. The number of ketones is 1. The Kier molecular flexibility index (Phi) is 10.0. The van der Waals surface area contributed by atoms with Crippen molar-refractivity contribution < 1.29 is 52.5 Å². The fourth-order valence-corrected chi connectivity index (χ4v) is 11.3. The van der Waals surface area contributed by atoms with Gasteiger partial charge in [-0.3, -0.25) is 4.79 Å². The summed E-state index contributed by atoms with van der Waals surface area (Å²) in [4.78, 5) is 14.1. The minimum absolute atomic E-state index is 0.0158. The van der Waals surface area contributed by atoms with Crippen LogP contribution in [0.3, 0.4) is 0 Å².